The van der Waals surface area contributed by atoms with Gasteiger partial charge in [0.05, 0.1) is 5.69 Å². The van der Waals surface area contributed by atoms with Gasteiger partial charge < -0.3 is 4.57 Å². The largest absolute Gasteiger partial charge is 0.326 e. The van der Waals surface area contributed by atoms with E-state index in [1.807, 2.05) is 18.3 Å². The van der Waals surface area contributed by atoms with Crippen molar-refractivity contribution in [1.29, 1.82) is 0 Å². The van der Waals surface area contributed by atoms with E-state index in [2.05, 4.69) is 21.5 Å². The maximum Gasteiger partial charge on any atom is 0.150 e. The number of imidazole rings is 1. The van der Waals surface area contributed by atoms with Gasteiger partial charge in [0.15, 0.2) is 5.15 Å². The van der Waals surface area contributed by atoms with Gasteiger partial charge in [-0.15, -0.1) is 0 Å². The average Bonchev–Trinajstić information content (AvgIpc) is 2.68. The smallest absolute Gasteiger partial charge is 0.150 e. The van der Waals surface area contributed by atoms with Crippen LogP contribution >= 0.6 is 11.6 Å². The standard InChI is InChI=1S/C13H14ClN3/c1-9-4-6-17-11(7-9)12(14)16-13(17)10-3-2-5-15-8-10/h2-3,5,8-9H,4,6-7H2,1H3. The second kappa shape index (κ2) is 4.15. The topological polar surface area (TPSA) is 30.7 Å². The summed E-state index contributed by atoms with van der Waals surface area (Å²) in [5, 5.41) is 0.649. The summed E-state index contributed by atoms with van der Waals surface area (Å²) in [5.41, 5.74) is 2.21. The highest BCUT2D eigenvalue weighted by Gasteiger charge is 2.23. The van der Waals surface area contributed by atoms with Gasteiger partial charge in [-0.25, -0.2) is 4.98 Å². The summed E-state index contributed by atoms with van der Waals surface area (Å²) < 4.78 is 2.24. The van der Waals surface area contributed by atoms with Gasteiger partial charge in [-0.2, -0.15) is 0 Å². The zero-order chi connectivity index (χ0) is 11.8. The van der Waals surface area contributed by atoms with Crippen LogP contribution in [0.5, 0.6) is 0 Å². The molecule has 0 radical (unpaired) electrons. The first-order valence-electron chi connectivity index (χ1n) is 5.91. The van der Waals surface area contributed by atoms with Gasteiger partial charge >= 0.3 is 0 Å². The van der Waals surface area contributed by atoms with Gasteiger partial charge in [-0.1, -0.05) is 18.5 Å². The summed E-state index contributed by atoms with van der Waals surface area (Å²) in [5.74, 6) is 1.64. The van der Waals surface area contributed by atoms with E-state index in [-0.39, 0.29) is 0 Å². The van der Waals surface area contributed by atoms with Gasteiger partial charge in [0.1, 0.15) is 5.82 Å². The summed E-state index contributed by atoms with van der Waals surface area (Å²) in [6.07, 6.45) is 5.82. The highest BCUT2D eigenvalue weighted by atomic mass is 35.5. The van der Waals surface area contributed by atoms with Crippen molar-refractivity contribution in [2.75, 3.05) is 0 Å². The molecule has 0 saturated carbocycles. The Morgan fingerprint density at radius 1 is 1.47 bits per heavy atom. The third kappa shape index (κ3) is 1.84. The van der Waals surface area contributed by atoms with Crippen molar-refractivity contribution in [2.45, 2.75) is 26.3 Å². The van der Waals surface area contributed by atoms with Crippen molar-refractivity contribution in [3.63, 3.8) is 0 Å². The minimum atomic E-state index is 0.649. The average molecular weight is 248 g/mol. The molecule has 0 amide bonds. The van der Waals surface area contributed by atoms with Crippen LogP contribution in [-0.4, -0.2) is 14.5 Å². The van der Waals surface area contributed by atoms with E-state index < -0.39 is 0 Å². The molecule has 0 N–H and O–H groups in total. The van der Waals surface area contributed by atoms with Crippen molar-refractivity contribution < 1.29 is 0 Å². The Bertz CT molecular complexity index is 533. The summed E-state index contributed by atoms with van der Waals surface area (Å²) in [7, 11) is 0. The molecule has 3 nitrogen and oxygen atoms in total. The zero-order valence-electron chi connectivity index (χ0n) is 9.73. The molecule has 1 atom stereocenters. The lowest BCUT2D eigenvalue weighted by molar-refractivity contribution is 0.419. The van der Waals surface area contributed by atoms with Crippen LogP contribution < -0.4 is 0 Å². The maximum atomic E-state index is 6.23. The third-order valence-electron chi connectivity index (χ3n) is 3.33. The lowest BCUT2D eigenvalue weighted by Gasteiger charge is -2.21. The minimum Gasteiger partial charge on any atom is -0.326 e. The molecule has 0 aliphatic carbocycles. The molecule has 3 rings (SSSR count). The molecular formula is C13H14ClN3. The number of halogens is 1. The van der Waals surface area contributed by atoms with Crippen LogP contribution in [0.25, 0.3) is 11.4 Å². The second-order valence-electron chi connectivity index (χ2n) is 4.66. The minimum absolute atomic E-state index is 0.649. The molecule has 2 aromatic rings. The highest BCUT2D eigenvalue weighted by Crippen LogP contribution is 2.31. The molecule has 3 heterocycles. The number of fused-ring (bicyclic) bond motifs is 1. The van der Waals surface area contributed by atoms with Gasteiger partial charge in [-0.05, 0) is 30.9 Å². The van der Waals surface area contributed by atoms with E-state index in [1.54, 1.807) is 6.20 Å². The number of hydrogen-bond acceptors (Lipinski definition) is 2. The van der Waals surface area contributed by atoms with Gasteiger partial charge in [0.2, 0.25) is 0 Å². The van der Waals surface area contributed by atoms with Crippen molar-refractivity contribution in [3.8, 4) is 11.4 Å². The van der Waals surface area contributed by atoms with Crippen molar-refractivity contribution in [2.24, 2.45) is 5.92 Å². The normalized spacial score (nSPS) is 19.1. The Balaban J connectivity index is 2.11. The van der Waals surface area contributed by atoms with E-state index in [0.29, 0.717) is 11.1 Å². The fourth-order valence-electron chi connectivity index (χ4n) is 2.39. The summed E-state index contributed by atoms with van der Waals surface area (Å²) >= 11 is 6.23. The molecule has 88 valence electrons. The quantitative estimate of drug-likeness (QED) is 0.775. The summed E-state index contributed by atoms with van der Waals surface area (Å²) in [4.78, 5) is 8.62. The predicted octanol–water partition coefficient (Wildman–Crippen LogP) is 3.18. The first-order valence-corrected chi connectivity index (χ1v) is 6.29. The van der Waals surface area contributed by atoms with E-state index in [0.717, 1.165) is 24.4 Å². The molecule has 4 heteroatoms. The number of pyridine rings is 1. The Hall–Kier alpha value is -1.35. The van der Waals surface area contributed by atoms with Gasteiger partial charge in [0, 0.05) is 24.5 Å². The monoisotopic (exact) mass is 247 g/mol. The number of hydrogen-bond donors (Lipinski definition) is 0. The maximum absolute atomic E-state index is 6.23. The fraction of sp³-hybridized carbons (Fsp3) is 0.385. The van der Waals surface area contributed by atoms with Crippen molar-refractivity contribution in [3.05, 3.63) is 35.4 Å². The number of rotatable bonds is 1. The predicted molar refractivity (Wildman–Crippen MR) is 68.0 cm³/mol. The van der Waals surface area contributed by atoms with Crippen molar-refractivity contribution >= 4 is 11.6 Å². The summed E-state index contributed by atoms with van der Waals surface area (Å²) in [6, 6.07) is 3.95. The van der Waals surface area contributed by atoms with E-state index in [4.69, 9.17) is 11.6 Å². The zero-order valence-corrected chi connectivity index (χ0v) is 10.5. The van der Waals surface area contributed by atoms with Crippen molar-refractivity contribution in [1.82, 2.24) is 14.5 Å². The molecule has 0 bridgehead atoms. The Labute approximate surface area is 105 Å². The molecule has 1 aliphatic rings. The highest BCUT2D eigenvalue weighted by molar-refractivity contribution is 6.30. The van der Waals surface area contributed by atoms with Crippen LogP contribution in [0.1, 0.15) is 19.0 Å². The van der Waals surface area contributed by atoms with Crippen LogP contribution in [0.4, 0.5) is 0 Å². The third-order valence-corrected chi connectivity index (χ3v) is 3.63. The molecule has 17 heavy (non-hydrogen) atoms. The molecular weight excluding hydrogens is 234 g/mol. The Morgan fingerprint density at radius 3 is 3.12 bits per heavy atom. The lowest BCUT2D eigenvalue weighted by atomic mass is 9.98. The SMILES string of the molecule is CC1CCn2c(-c3cccnc3)nc(Cl)c2C1. The van der Waals surface area contributed by atoms with Crippen LogP contribution in [0, 0.1) is 5.92 Å². The van der Waals surface area contributed by atoms with Crippen LogP contribution in [-0.2, 0) is 13.0 Å². The molecule has 0 fully saturated rings. The molecule has 1 unspecified atom stereocenters. The molecule has 0 spiro atoms. The van der Waals surface area contributed by atoms with Gasteiger partial charge in [0.25, 0.3) is 0 Å². The van der Waals surface area contributed by atoms with Gasteiger partial charge in [-0.3, -0.25) is 4.98 Å². The first-order chi connectivity index (χ1) is 8.25. The number of nitrogens with zero attached hydrogens (tertiary/aromatic N) is 3. The van der Waals surface area contributed by atoms with E-state index in [1.165, 1.54) is 12.1 Å². The molecule has 1 aliphatic heterocycles. The van der Waals surface area contributed by atoms with E-state index >= 15 is 0 Å². The Morgan fingerprint density at radius 2 is 2.35 bits per heavy atom. The van der Waals surface area contributed by atoms with E-state index in [9.17, 15) is 0 Å². The number of aromatic nitrogens is 3. The molecule has 0 aromatic carbocycles. The van der Waals surface area contributed by atoms with Crippen LogP contribution in [0.2, 0.25) is 5.15 Å². The first kappa shape index (κ1) is 10.8. The molecule has 0 saturated heterocycles. The lowest BCUT2D eigenvalue weighted by Crippen LogP contribution is -2.17. The fourth-order valence-corrected chi connectivity index (χ4v) is 2.65. The molecule has 2 aromatic heterocycles. The summed E-state index contributed by atoms with van der Waals surface area (Å²) in [6.45, 7) is 3.26. The van der Waals surface area contributed by atoms with Crippen LogP contribution in [0.15, 0.2) is 24.5 Å². The second-order valence-corrected chi connectivity index (χ2v) is 5.02. The van der Waals surface area contributed by atoms with Crippen LogP contribution in [0.3, 0.4) is 0 Å². The Kier molecular flexibility index (Phi) is 2.63.